The van der Waals surface area contributed by atoms with Crippen LogP contribution in [0.4, 0.5) is 10.5 Å². The van der Waals surface area contributed by atoms with Crippen LogP contribution in [0.3, 0.4) is 0 Å². The average Bonchev–Trinajstić information content (AvgIpc) is 3.15. The molecule has 3 rings (SSSR count). The monoisotopic (exact) mass is 510 g/mol. The first-order valence-electron chi connectivity index (χ1n) is 11.4. The number of aromatic nitrogens is 2. The Balaban J connectivity index is 1.37. The molecule has 32 heavy (non-hydrogen) atoms. The minimum atomic E-state index is -0.470. The van der Waals surface area contributed by atoms with Gasteiger partial charge in [-0.2, -0.15) is 5.10 Å². The summed E-state index contributed by atoms with van der Waals surface area (Å²) in [5.41, 5.74) is 1.62. The molecule has 1 fully saturated rings. The number of hydrogen-bond donors (Lipinski definition) is 2. The van der Waals surface area contributed by atoms with Gasteiger partial charge in [0.15, 0.2) is 6.23 Å². The van der Waals surface area contributed by atoms with E-state index in [0.29, 0.717) is 26.3 Å². The lowest BCUT2D eigenvalue weighted by Gasteiger charge is -2.23. The number of alkyl carbamates (subject to hydrolysis) is 1. The average molecular weight is 511 g/mol. The van der Waals surface area contributed by atoms with Gasteiger partial charge in [-0.15, -0.1) is 0 Å². The summed E-state index contributed by atoms with van der Waals surface area (Å²) in [6, 6.07) is 4.16. The highest BCUT2D eigenvalue weighted by Gasteiger charge is 2.20. The number of nitrogens with zero attached hydrogens (tertiary/aromatic N) is 2. The van der Waals surface area contributed by atoms with E-state index in [0.717, 1.165) is 53.4 Å². The second-order valence-electron chi connectivity index (χ2n) is 8.97. The van der Waals surface area contributed by atoms with Crippen LogP contribution >= 0.6 is 15.9 Å². The summed E-state index contributed by atoms with van der Waals surface area (Å²) in [5, 5.41) is 11.9. The third kappa shape index (κ3) is 7.64. The maximum Gasteiger partial charge on any atom is 0.407 e. The van der Waals surface area contributed by atoms with Gasteiger partial charge in [0.2, 0.25) is 0 Å². The fourth-order valence-corrected chi connectivity index (χ4v) is 4.04. The van der Waals surface area contributed by atoms with Crippen molar-refractivity contribution in [2.24, 2.45) is 0 Å². The number of fused-ring (bicyclic) bond motifs is 1. The van der Waals surface area contributed by atoms with E-state index in [1.807, 2.05) is 31.6 Å². The van der Waals surface area contributed by atoms with Crippen molar-refractivity contribution in [2.75, 3.05) is 38.2 Å². The van der Waals surface area contributed by atoms with Crippen LogP contribution in [0.1, 0.15) is 59.1 Å². The van der Waals surface area contributed by atoms with Crippen LogP contribution in [-0.2, 0) is 14.2 Å². The third-order valence-electron chi connectivity index (χ3n) is 5.05. The van der Waals surface area contributed by atoms with Crippen LogP contribution in [0.5, 0.6) is 0 Å². The molecule has 0 aliphatic carbocycles. The number of rotatable bonds is 10. The van der Waals surface area contributed by atoms with E-state index in [-0.39, 0.29) is 12.3 Å². The Labute approximate surface area is 198 Å². The lowest BCUT2D eigenvalue weighted by atomic mass is 10.1. The highest BCUT2D eigenvalue weighted by molar-refractivity contribution is 9.10. The molecular formula is C23H35BrN4O4. The smallest absolute Gasteiger partial charge is 0.407 e. The summed E-state index contributed by atoms with van der Waals surface area (Å²) >= 11 is 3.62. The second kappa shape index (κ2) is 11.9. The van der Waals surface area contributed by atoms with E-state index in [2.05, 4.69) is 43.8 Å². The first kappa shape index (κ1) is 24.8. The van der Waals surface area contributed by atoms with Crippen molar-refractivity contribution in [3.63, 3.8) is 0 Å². The molecule has 0 spiro atoms. The molecule has 1 saturated heterocycles. The van der Waals surface area contributed by atoms with Gasteiger partial charge in [-0.05, 0) is 65.0 Å². The number of carbonyl (C=O) groups is 1. The third-order valence-corrected chi connectivity index (χ3v) is 5.51. The minimum Gasteiger partial charge on any atom is -0.444 e. The molecule has 0 radical (unpaired) electrons. The van der Waals surface area contributed by atoms with Gasteiger partial charge in [-0.3, -0.25) is 0 Å². The van der Waals surface area contributed by atoms with E-state index in [1.54, 1.807) is 0 Å². The van der Waals surface area contributed by atoms with E-state index in [9.17, 15) is 4.79 Å². The van der Waals surface area contributed by atoms with E-state index < -0.39 is 5.60 Å². The molecule has 1 atom stereocenters. The fourth-order valence-electron chi connectivity index (χ4n) is 3.60. The zero-order chi connectivity index (χ0) is 23.0. The van der Waals surface area contributed by atoms with Crippen LogP contribution in [0, 0.1) is 0 Å². The lowest BCUT2D eigenvalue weighted by molar-refractivity contribution is -0.0366. The Morgan fingerprint density at radius 1 is 1.25 bits per heavy atom. The molecule has 178 valence electrons. The Morgan fingerprint density at radius 3 is 2.84 bits per heavy atom. The second-order valence-corrected chi connectivity index (χ2v) is 9.89. The summed E-state index contributed by atoms with van der Waals surface area (Å²) in [6.45, 7) is 8.89. The maximum absolute atomic E-state index is 11.6. The van der Waals surface area contributed by atoms with Crippen molar-refractivity contribution in [3.8, 4) is 0 Å². The van der Waals surface area contributed by atoms with Crippen molar-refractivity contribution in [3.05, 3.63) is 22.8 Å². The number of amides is 1. The predicted octanol–water partition coefficient (Wildman–Crippen LogP) is 5.23. The zero-order valence-corrected chi connectivity index (χ0v) is 20.9. The van der Waals surface area contributed by atoms with E-state index in [4.69, 9.17) is 14.2 Å². The zero-order valence-electron chi connectivity index (χ0n) is 19.3. The molecule has 1 unspecified atom stereocenters. The van der Waals surface area contributed by atoms with Gasteiger partial charge in [0.05, 0.1) is 18.3 Å². The van der Waals surface area contributed by atoms with Crippen LogP contribution in [0.25, 0.3) is 10.9 Å². The number of ether oxygens (including phenoxy) is 3. The number of carbonyl (C=O) groups excluding carboxylic acids is 1. The van der Waals surface area contributed by atoms with Crippen LogP contribution in [0.2, 0.25) is 0 Å². The van der Waals surface area contributed by atoms with E-state index in [1.165, 1.54) is 6.42 Å². The molecule has 0 bridgehead atoms. The Kier molecular flexibility index (Phi) is 9.19. The number of nitrogens with one attached hydrogen (secondary N) is 2. The molecule has 2 aromatic rings. The van der Waals surface area contributed by atoms with Crippen molar-refractivity contribution < 1.29 is 19.0 Å². The Morgan fingerprint density at radius 2 is 2.09 bits per heavy atom. The van der Waals surface area contributed by atoms with Gasteiger partial charge in [0.25, 0.3) is 0 Å². The summed E-state index contributed by atoms with van der Waals surface area (Å²) in [4.78, 5) is 11.6. The van der Waals surface area contributed by atoms with Crippen molar-refractivity contribution in [2.45, 2.75) is 64.7 Å². The lowest BCUT2D eigenvalue weighted by Crippen LogP contribution is -2.33. The van der Waals surface area contributed by atoms with Gasteiger partial charge in [-0.25, -0.2) is 9.48 Å². The van der Waals surface area contributed by atoms with Gasteiger partial charge < -0.3 is 24.8 Å². The molecule has 2 N–H and O–H groups in total. The molecule has 1 aliphatic rings. The molecule has 0 saturated carbocycles. The predicted molar refractivity (Wildman–Crippen MR) is 129 cm³/mol. The van der Waals surface area contributed by atoms with E-state index >= 15 is 0 Å². The van der Waals surface area contributed by atoms with Crippen LogP contribution in [0.15, 0.2) is 22.8 Å². The minimum absolute atomic E-state index is 0.0107. The number of benzene rings is 1. The highest BCUT2D eigenvalue weighted by atomic mass is 79.9. The van der Waals surface area contributed by atoms with Gasteiger partial charge >= 0.3 is 6.09 Å². The molecule has 8 nitrogen and oxygen atoms in total. The Hall–Kier alpha value is -1.84. The summed E-state index contributed by atoms with van der Waals surface area (Å²) in [5.74, 6) is 0. The maximum atomic E-state index is 11.6. The summed E-state index contributed by atoms with van der Waals surface area (Å²) < 4.78 is 19.8. The van der Waals surface area contributed by atoms with Crippen LogP contribution in [-0.4, -0.2) is 54.4 Å². The number of hydrogen-bond acceptors (Lipinski definition) is 6. The SMILES string of the molecule is CC(C)(C)OC(=O)NCCCCOCCNc1cc(Br)cc2c1cnn2C1CCCCO1. The van der Waals surface area contributed by atoms with Gasteiger partial charge in [-0.1, -0.05) is 15.9 Å². The van der Waals surface area contributed by atoms with Crippen LogP contribution < -0.4 is 10.6 Å². The van der Waals surface area contributed by atoms with Crippen molar-refractivity contribution in [1.29, 1.82) is 0 Å². The Bertz CT molecular complexity index is 875. The topological polar surface area (TPSA) is 86.6 Å². The molecular weight excluding hydrogens is 476 g/mol. The number of halogens is 1. The number of unbranched alkanes of at least 4 members (excludes halogenated alkanes) is 1. The van der Waals surface area contributed by atoms with Gasteiger partial charge in [0, 0.05) is 41.8 Å². The normalized spacial score (nSPS) is 16.8. The molecule has 1 aliphatic heterocycles. The molecule has 9 heteroatoms. The summed E-state index contributed by atoms with van der Waals surface area (Å²) in [6.07, 6.45) is 6.55. The molecule has 1 amide bonds. The highest BCUT2D eigenvalue weighted by Crippen LogP contribution is 2.32. The molecule has 1 aromatic carbocycles. The summed E-state index contributed by atoms with van der Waals surface area (Å²) in [7, 11) is 0. The molecule has 2 heterocycles. The molecule has 1 aromatic heterocycles. The first-order valence-corrected chi connectivity index (χ1v) is 12.2. The van der Waals surface area contributed by atoms with Crippen molar-refractivity contribution >= 4 is 38.6 Å². The van der Waals surface area contributed by atoms with Crippen molar-refractivity contribution in [1.82, 2.24) is 15.1 Å². The van der Waals surface area contributed by atoms with Gasteiger partial charge in [0.1, 0.15) is 5.60 Å². The largest absolute Gasteiger partial charge is 0.444 e. The quantitative estimate of drug-likeness (QED) is 0.425. The number of anilines is 1. The first-order chi connectivity index (χ1) is 15.3. The fraction of sp³-hybridized carbons (Fsp3) is 0.652. The standard InChI is InChI=1S/C23H35BrN4O4/c1-23(2,3)32-22(29)26-9-5-7-11-30-13-10-25-19-14-17(24)15-20-18(19)16-27-28(20)21-8-4-6-12-31-21/h14-16,21,25H,4-13H2,1-3H3,(H,26,29).